The monoisotopic (exact) mass is 296 g/mol. The minimum atomic E-state index is -0.520. The lowest BCUT2D eigenvalue weighted by atomic mass is 10.2. The van der Waals surface area contributed by atoms with E-state index in [2.05, 4.69) is 20.9 Å². The van der Waals surface area contributed by atoms with Crippen molar-refractivity contribution in [2.75, 3.05) is 5.73 Å². The van der Waals surface area contributed by atoms with E-state index < -0.39 is 5.82 Å². The van der Waals surface area contributed by atoms with Crippen LogP contribution in [0.1, 0.15) is 5.56 Å². The quantitative estimate of drug-likeness (QED) is 0.860. The fraction of sp³-hybridized carbons (Fsp3) is 0.0833. The molecule has 0 amide bonds. The minimum absolute atomic E-state index is 0.0580. The van der Waals surface area contributed by atoms with Crippen LogP contribution in [0.15, 0.2) is 34.9 Å². The zero-order chi connectivity index (χ0) is 12.4. The van der Waals surface area contributed by atoms with Crippen LogP contribution >= 0.6 is 15.9 Å². The number of hydrogen-bond donors (Lipinski definition) is 1. The fourth-order valence-electron chi connectivity index (χ4n) is 1.30. The number of nitrogens with zero attached hydrogens (tertiary/aromatic N) is 1. The van der Waals surface area contributed by atoms with Crippen molar-refractivity contribution in [1.29, 1.82) is 0 Å². The molecule has 0 atom stereocenters. The van der Waals surface area contributed by atoms with E-state index in [1.54, 1.807) is 18.2 Å². The summed E-state index contributed by atoms with van der Waals surface area (Å²) in [4.78, 5) is 3.85. The number of hydrogen-bond acceptors (Lipinski definition) is 3. The van der Waals surface area contributed by atoms with Gasteiger partial charge in [0.05, 0.1) is 0 Å². The summed E-state index contributed by atoms with van der Waals surface area (Å²) in [7, 11) is 0. The Morgan fingerprint density at radius 1 is 1.35 bits per heavy atom. The van der Waals surface area contributed by atoms with Crippen LogP contribution in [0.5, 0.6) is 11.6 Å². The van der Waals surface area contributed by atoms with E-state index in [-0.39, 0.29) is 5.88 Å². The number of ether oxygens (including phenoxy) is 1. The van der Waals surface area contributed by atoms with Gasteiger partial charge >= 0.3 is 0 Å². The molecule has 2 aromatic rings. The molecule has 17 heavy (non-hydrogen) atoms. The standard InChI is InChI=1S/C12H10BrFN2O/c1-7-4-9(2-3-11(7)15)17-12-10(14)5-8(13)6-16-12/h2-6H,15H2,1H3. The topological polar surface area (TPSA) is 48.1 Å². The van der Waals surface area contributed by atoms with Crippen molar-refractivity contribution >= 4 is 21.6 Å². The van der Waals surface area contributed by atoms with Crippen molar-refractivity contribution < 1.29 is 9.13 Å². The van der Waals surface area contributed by atoms with Gasteiger partial charge in [-0.1, -0.05) is 0 Å². The van der Waals surface area contributed by atoms with Crippen LogP contribution in [0.3, 0.4) is 0 Å². The average molecular weight is 297 g/mol. The Balaban J connectivity index is 2.28. The predicted octanol–water partition coefficient (Wildman–Crippen LogP) is 3.67. The number of aromatic nitrogens is 1. The molecule has 0 radical (unpaired) electrons. The molecular formula is C12H10BrFN2O. The first-order chi connectivity index (χ1) is 8.06. The van der Waals surface area contributed by atoms with Crippen LogP contribution in [0.25, 0.3) is 0 Å². The molecule has 0 unspecified atom stereocenters. The number of nitrogen functional groups attached to an aromatic ring is 1. The number of benzene rings is 1. The molecule has 0 aliphatic heterocycles. The van der Waals surface area contributed by atoms with Gasteiger partial charge in [0.1, 0.15) is 5.75 Å². The van der Waals surface area contributed by atoms with Crippen LogP contribution in [0, 0.1) is 12.7 Å². The van der Waals surface area contributed by atoms with Gasteiger partial charge in [-0.3, -0.25) is 0 Å². The van der Waals surface area contributed by atoms with E-state index in [4.69, 9.17) is 10.5 Å². The summed E-state index contributed by atoms with van der Waals surface area (Å²) in [5.74, 6) is -0.0725. The van der Waals surface area contributed by atoms with Crippen molar-refractivity contribution in [3.8, 4) is 11.6 Å². The van der Waals surface area contributed by atoms with Crippen molar-refractivity contribution in [3.05, 3.63) is 46.3 Å². The Hall–Kier alpha value is -1.62. The molecule has 2 rings (SSSR count). The Kier molecular flexibility index (Phi) is 3.28. The Morgan fingerprint density at radius 3 is 2.76 bits per heavy atom. The van der Waals surface area contributed by atoms with Gasteiger partial charge in [0.2, 0.25) is 0 Å². The Labute approximate surface area is 107 Å². The lowest BCUT2D eigenvalue weighted by Crippen LogP contribution is -1.94. The summed E-state index contributed by atoms with van der Waals surface area (Å²) < 4.78 is 19.4. The molecule has 0 fully saturated rings. The number of rotatable bonds is 2. The summed E-state index contributed by atoms with van der Waals surface area (Å²) >= 11 is 3.13. The minimum Gasteiger partial charge on any atom is -0.436 e. The predicted molar refractivity (Wildman–Crippen MR) is 67.6 cm³/mol. The molecule has 2 N–H and O–H groups in total. The van der Waals surface area contributed by atoms with Crippen molar-refractivity contribution in [2.45, 2.75) is 6.92 Å². The second-order valence-electron chi connectivity index (χ2n) is 3.56. The fourth-order valence-corrected chi connectivity index (χ4v) is 1.60. The molecule has 5 heteroatoms. The van der Waals surface area contributed by atoms with Crippen LogP contribution in [-0.4, -0.2) is 4.98 Å². The molecule has 1 heterocycles. The van der Waals surface area contributed by atoms with Crippen molar-refractivity contribution in [1.82, 2.24) is 4.98 Å². The average Bonchev–Trinajstić information content (AvgIpc) is 2.27. The third-order valence-electron chi connectivity index (χ3n) is 2.23. The Bertz CT molecular complexity index is 560. The maximum atomic E-state index is 13.5. The Morgan fingerprint density at radius 2 is 2.12 bits per heavy atom. The molecule has 0 aliphatic carbocycles. The van der Waals surface area contributed by atoms with E-state index in [9.17, 15) is 4.39 Å². The van der Waals surface area contributed by atoms with Gasteiger partial charge in [-0.15, -0.1) is 0 Å². The molecule has 88 valence electrons. The van der Waals surface area contributed by atoms with Gasteiger partial charge in [-0.2, -0.15) is 0 Å². The van der Waals surface area contributed by atoms with Crippen LogP contribution < -0.4 is 10.5 Å². The molecular weight excluding hydrogens is 287 g/mol. The summed E-state index contributed by atoms with van der Waals surface area (Å²) in [5, 5.41) is 0. The van der Waals surface area contributed by atoms with Gasteiger partial charge in [0.15, 0.2) is 5.82 Å². The first kappa shape index (κ1) is 11.9. The molecule has 0 spiro atoms. The van der Waals surface area contributed by atoms with Gasteiger partial charge in [0.25, 0.3) is 5.88 Å². The van der Waals surface area contributed by atoms with E-state index in [0.29, 0.717) is 15.9 Å². The number of halogens is 2. The lowest BCUT2D eigenvalue weighted by molar-refractivity contribution is 0.422. The SMILES string of the molecule is Cc1cc(Oc2ncc(Br)cc2F)ccc1N. The van der Waals surface area contributed by atoms with Gasteiger partial charge in [-0.05, 0) is 52.7 Å². The highest BCUT2D eigenvalue weighted by Gasteiger charge is 2.07. The van der Waals surface area contributed by atoms with Crippen LogP contribution in [0.4, 0.5) is 10.1 Å². The highest BCUT2D eigenvalue weighted by atomic mass is 79.9. The third-order valence-corrected chi connectivity index (χ3v) is 2.66. The molecule has 0 aliphatic rings. The maximum absolute atomic E-state index is 13.5. The second-order valence-corrected chi connectivity index (χ2v) is 4.48. The largest absolute Gasteiger partial charge is 0.436 e. The summed E-state index contributed by atoms with van der Waals surface area (Å²) in [6.45, 7) is 1.85. The summed E-state index contributed by atoms with van der Waals surface area (Å²) in [6, 6.07) is 6.41. The lowest BCUT2D eigenvalue weighted by Gasteiger charge is -2.07. The molecule has 1 aromatic carbocycles. The maximum Gasteiger partial charge on any atom is 0.255 e. The smallest absolute Gasteiger partial charge is 0.255 e. The zero-order valence-electron chi connectivity index (χ0n) is 9.08. The van der Waals surface area contributed by atoms with E-state index in [0.717, 1.165) is 5.56 Å². The molecule has 0 bridgehead atoms. The van der Waals surface area contributed by atoms with E-state index >= 15 is 0 Å². The summed E-state index contributed by atoms with van der Waals surface area (Å²) in [5.41, 5.74) is 7.22. The number of pyridine rings is 1. The highest BCUT2D eigenvalue weighted by molar-refractivity contribution is 9.10. The van der Waals surface area contributed by atoms with Gasteiger partial charge < -0.3 is 10.5 Å². The van der Waals surface area contributed by atoms with Crippen LogP contribution in [-0.2, 0) is 0 Å². The van der Waals surface area contributed by atoms with E-state index in [1.165, 1.54) is 12.3 Å². The molecule has 1 aromatic heterocycles. The summed E-state index contributed by atoms with van der Waals surface area (Å²) in [6.07, 6.45) is 1.47. The molecule has 0 saturated carbocycles. The van der Waals surface area contributed by atoms with Crippen molar-refractivity contribution in [3.63, 3.8) is 0 Å². The second kappa shape index (κ2) is 4.71. The third kappa shape index (κ3) is 2.74. The van der Waals surface area contributed by atoms with Crippen LogP contribution in [0.2, 0.25) is 0 Å². The zero-order valence-corrected chi connectivity index (χ0v) is 10.7. The number of nitrogens with two attached hydrogens (primary N) is 1. The van der Waals surface area contributed by atoms with Crippen molar-refractivity contribution in [2.24, 2.45) is 0 Å². The normalized spacial score (nSPS) is 10.3. The van der Waals surface area contributed by atoms with Gasteiger partial charge in [-0.25, -0.2) is 9.37 Å². The number of aryl methyl sites for hydroxylation is 1. The van der Waals surface area contributed by atoms with E-state index in [1.807, 2.05) is 6.92 Å². The highest BCUT2D eigenvalue weighted by Crippen LogP contribution is 2.26. The van der Waals surface area contributed by atoms with Gasteiger partial charge in [0, 0.05) is 16.4 Å². The molecule has 0 saturated heterocycles. The molecule has 3 nitrogen and oxygen atoms in total. The number of anilines is 1. The first-order valence-electron chi connectivity index (χ1n) is 4.91. The first-order valence-corrected chi connectivity index (χ1v) is 5.70.